The number of amides is 1. The second-order valence-corrected chi connectivity index (χ2v) is 10.9. The average molecular weight is 590 g/mol. The van der Waals surface area contributed by atoms with Crippen LogP contribution in [0.5, 0.6) is 0 Å². The van der Waals surface area contributed by atoms with Crippen molar-refractivity contribution in [3.8, 4) is 11.6 Å². The van der Waals surface area contributed by atoms with Gasteiger partial charge in [-0.25, -0.2) is 15.0 Å². The van der Waals surface area contributed by atoms with E-state index in [9.17, 15) is 4.79 Å². The molecule has 12 nitrogen and oxygen atoms in total. The number of carbonyl (C=O) groups is 1. The lowest BCUT2D eigenvalue weighted by molar-refractivity contribution is 0.0435. The standard InChI is InChI=1S/C26H34Cl2N10O2/c1-4-16-14-37(23-21(28)32-19(12-31-23)24-34-35-26(40-24)30-5-2)15(3)13-38(16)17-8-10-36(11-9-17)25(39)18-6-7-20(27)33-22(18)29/h6-7,12,15-17H,4-5,8-11,13-14H2,1-3H3,(H2,29,33)(H,30,35)/t15-,16?/m1/s1. The Balaban J connectivity index is 1.23. The van der Waals surface area contributed by atoms with Crippen molar-refractivity contribution in [2.24, 2.45) is 0 Å². The minimum atomic E-state index is -0.0969. The van der Waals surface area contributed by atoms with E-state index in [-0.39, 0.29) is 28.8 Å². The predicted octanol–water partition coefficient (Wildman–Crippen LogP) is 3.84. The molecule has 0 spiro atoms. The molecule has 3 aromatic heterocycles. The maximum absolute atomic E-state index is 13.1. The summed E-state index contributed by atoms with van der Waals surface area (Å²) in [4.78, 5) is 32.9. The third-order valence-electron chi connectivity index (χ3n) is 7.65. The summed E-state index contributed by atoms with van der Waals surface area (Å²) >= 11 is 12.5. The van der Waals surface area contributed by atoms with Crippen molar-refractivity contribution >= 4 is 46.8 Å². The molecule has 0 radical (unpaired) electrons. The van der Waals surface area contributed by atoms with Crippen LogP contribution >= 0.6 is 23.2 Å². The summed E-state index contributed by atoms with van der Waals surface area (Å²) in [5.74, 6) is 0.985. The van der Waals surface area contributed by atoms with E-state index in [4.69, 9.17) is 33.4 Å². The van der Waals surface area contributed by atoms with Crippen LogP contribution in [0.1, 0.15) is 50.4 Å². The van der Waals surface area contributed by atoms with Crippen molar-refractivity contribution < 1.29 is 9.21 Å². The number of pyridine rings is 1. The van der Waals surface area contributed by atoms with E-state index in [0.717, 1.165) is 32.4 Å². The molecule has 3 aromatic rings. The molecule has 40 heavy (non-hydrogen) atoms. The van der Waals surface area contributed by atoms with E-state index >= 15 is 0 Å². The topological polar surface area (TPSA) is 142 Å². The first kappa shape index (κ1) is 28.3. The highest BCUT2D eigenvalue weighted by molar-refractivity contribution is 6.31. The lowest BCUT2D eigenvalue weighted by Crippen LogP contribution is -2.62. The number of carbonyl (C=O) groups excluding carboxylic acids is 1. The van der Waals surface area contributed by atoms with E-state index in [1.807, 2.05) is 11.8 Å². The Hall–Kier alpha value is -3.22. The maximum atomic E-state index is 13.1. The van der Waals surface area contributed by atoms with Crippen LogP contribution in [0.3, 0.4) is 0 Å². The van der Waals surface area contributed by atoms with Gasteiger partial charge in [0.2, 0.25) is 0 Å². The molecule has 214 valence electrons. The van der Waals surface area contributed by atoms with Crippen LogP contribution in [0.2, 0.25) is 10.3 Å². The van der Waals surface area contributed by atoms with Crippen molar-refractivity contribution in [3.05, 3.63) is 34.2 Å². The second kappa shape index (κ2) is 12.1. The quantitative estimate of drug-likeness (QED) is 0.388. The van der Waals surface area contributed by atoms with Gasteiger partial charge in [-0.1, -0.05) is 35.2 Å². The third kappa shape index (κ3) is 5.79. The number of halogens is 2. The zero-order valence-corrected chi connectivity index (χ0v) is 24.4. The fourth-order valence-corrected chi connectivity index (χ4v) is 5.98. The Bertz CT molecular complexity index is 1350. The Labute approximate surface area is 243 Å². The lowest BCUT2D eigenvalue weighted by atomic mass is 9.96. The molecular weight excluding hydrogens is 555 g/mol. The highest BCUT2D eigenvalue weighted by Crippen LogP contribution is 2.32. The van der Waals surface area contributed by atoms with Crippen molar-refractivity contribution in [3.63, 3.8) is 0 Å². The summed E-state index contributed by atoms with van der Waals surface area (Å²) in [5, 5.41) is 11.5. The van der Waals surface area contributed by atoms with Crippen LogP contribution in [0.25, 0.3) is 11.6 Å². The molecule has 1 unspecified atom stereocenters. The molecule has 2 atom stereocenters. The molecule has 5 heterocycles. The molecule has 14 heteroatoms. The zero-order chi connectivity index (χ0) is 28.4. The largest absolute Gasteiger partial charge is 0.402 e. The van der Waals surface area contributed by atoms with Crippen molar-refractivity contribution in [1.82, 2.24) is 34.9 Å². The third-order valence-corrected chi connectivity index (χ3v) is 8.12. The molecule has 2 fully saturated rings. The number of hydrogen-bond donors (Lipinski definition) is 2. The number of piperazine rings is 1. The van der Waals surface area contributed by atoms with Gasteiger partial charge in [0.25, 0.3) is 11.8 Å². The van der Waals surface area contributed by atoms with E-state index in [1.54, 1.807) is 18.3 Å². The number of nitrogens with two attached hydrogens (primary N) is 1. The van der Waals surface area contributed by atoms with Gasteiger partial charge in [0.1, 0.15) is 16.7 Å². The molecule has 1 amide bonds. The summed E-state index contributed by atoms with van der Waals surface area (Å²) in [6.45, 7) is 9.98. The van der Waals surface area contributed by atoms with Gasteiger partial charge in [-0.3, -0.25) is 9.69 Å². The zero-order valence-electron chi connectivity index (χ0n) is 22.8. The van der Waals surface area contributed by atoms with Gasteiger partial charge >= 0.3 is 6.01 Å². The Morgan fingerprint density at radius 3 is 2.60 bits per heavy atom. The molecule has 2 aliphatic rings. The summed E-state index contributed by atoms with van der Waals surface area (Å²) in [7, 11) is 0. The van der Waals surface area contributed by atoms with Gasteiger partial charge in [0.15, 0.2) is 11.0 Å². The first-order chi connectivity index (χ1) is 19.3. The van der Waals surface area contributed by atoms with Crippen LogP contribution in [0.4, 0.5) is 17.7 Å². The van der Waals surface area contributed by atoms with Crippen LogP contribution in [-0.2, 0) is 0 Å². The Kier molecular flexibility index (Phi) is 8.57. The SMILES string of the molecule is CCNc1nnc(-c2cnc(N3CC(CC)N(C4CCN(C(=O)c5ccc(Cl)nc5N)CC4)C[C@H]3C)c(Cl)n2)o1. The molecule has 2 saturated heterocycles. The summed E-state index contributed by atoms with van der Waals surface area (Å²) in [6, 6.07) is 4.44. The molecule has 0 aromatic carbocycles. The minimum Gasteiger partial charge on any atom is -0.402 e. The average Bonchev–Trinajstić information content (AvgIpc) is 3.42. The number of likely N-dealkylation sites (tertiary alicyclic amines) is 1. The summed E-state index contributed by atoms with van der Waals surface area (Å²) in [6.07, 6.45) is 4.39. The number of anilines is 3. The van der Waals surface area contributed by atoms with Crippen molar-refractivity contribution in [1.29, 1.82) is 0 Å². The number of nitrogens with one attached hydrogen (secondary N) is 1. The minimum absolute atomic E-state index is 0.0969. The van der Waals surface area contributed by atoms with Crippen LogP contribution in [-0.4, -0.2) is 91.7 Å². The number of aromatic nitrogens is 5. The predicted molar refractivity (Wildman–Crippen MR) is 155 cm³/mol. The smallest absolute Gasteiger partial charge is 0.315 e. The monoisotopic (exact) mass is 588 g/mol. The van der Waals surface area contributed by atoms with Crippen LogP contribution < -0.4 is 16.0 Å². The number of piperidine rings is 1. The summed E-state index contributed by atoms with van der Waals surface area (Å²) in [5.41, 5.74) is 6.79. The van der Waals surface area contributed by atoms with Gasteiger partial charge < -0.3 is 25.3 Å². The first-order valence-electron chi connectivity index (χ1n) is 13.6. The van der Waals surface area contributed by atoms with Gasteiger partial charge in [-0.2, -0.15) is 0 Å². The molecule has 3 N–H and O–H groups in total. The number of rotatable bonds is 7. The van der Waals surface area contributed by atoms with Crippen molar-refractivity contribution in [2.45, 2.75) is 58.2 Å². The van der Waals surface area contributed by atoms with E-state index < -0.39 is 0 Å². The number of nitrogens with zero attached hydrogens (tertiary/aromatic N) is 8. The maximum Gasteiger partial charge on any atom is 0.315 e. The fraction of sp³-hybridized carbons (Fsp3) is 0.538. The molecule has 5 rings (SSSR count). The Morgan fingerprint density at radius 1 is 1.15 bits per heavy atom. The van der Waals surface area contributed by atoms with Crippen LogP contribution in [0.15, 0.2) is 22.7 Å². The van der Waals surface area contributed by atoms with E-state index in [1.165, 1.54) is 0 Å². The first-order valence-corrected chi connectivity index (χ1v) is 14.4. The molecule has 2 aliphatic heterocycles. The number of hydrogen-bond acceptors (Lipinski definition) is 11. The van der Waals surface area contributed by atoms with Gasteiger partial charge in [-0.15, -0.1) is 5.10 Å². The van der Waals surface area contributed by atoms with Crippen LogP contribution in [0, 0.1) is 0 Å². The van der Waals surface area contributed by atoms with Gasteiger partial charge in [0, 0.05) is 50.8 Å². The lowest BCUT2D eigenvalue weighted by Gasteiger charge is -2.50. The molecule has 0 aliphatic carbocycles. The number of nitrogen functional groups attached to an aromatic ring is 1. The van der Waals surface area contributed by atoms with Gasteiger partial charge in [0.05, 0.1) is 11.8 Å². The molecular formula is C26H34Cl2N10O2. The van der Waals surface area contributed by atoms with E-state index in [0.29, 0.717) is 60.0 Å². The summed E-state index contributed by atoms with van der Waals surface area (Å²) < 4.78 is 5.59. The van der Waals surface area contributed by atoms with E-state index in [2.05, 4.69) is 54.1 Å². The normalized spacial score (nSPS) is 20.6. The molecule has 0 bridgehead atoms. The second-order valence-electron chi connectivity index (χ2n) is 10.2. The van der Waals surface area contributed by atoms with Crippen molar-refractivity contribution in [2.75, 3.05) is 48.7 Å². The molecule has 0 saturated carbocycles. The highest BCUT2D eigenvalue weighted by Gasteiger charge is 2.38. The highest BCUT2D eigenvalue weighted by atomic mass is 35.5. The Morgan fingerprint density at radius 2 is 1.93 bits per heavy atom. The fourth-order valence-electron chi connectivity index (χ4n) is 5.58. The van der Waals surface area contributed by atoms with Gasteiger partial charge in [-0.05, 0) is 45.2 Å².